The fraction of sp³-hybridized carbons (Fsp3) is 0.267. The summed E-state index contributed by atoms with van der Waals surface area (Å²) in [6, 6.07) is 19.5. The van der Waals surface area contributed by atoms with Gasteiger partial charge in [-0.1, -0.05) is 24.3 Å². The quantitative estimate of drug-likeness (QED) is 0.431. The van der Waals surface area contributed by atoms with Crippen molar-refractivity contribution in [1.29, 1.82) is 5.26 Å². The van der Waals surface area contributed by atoms with Gasteiger partial charge >= 0.3 is 0 Å². The van der Waals surface area contributed by atoms with Crippen LogP contribution in [0.1, 0.15) is 19.4 Å². The van der Waals surface area contributed by atoms with E-state index < -0.39 is 6.61 Å². The van der Waals surface area contributed by atoms with Gasteiger partial charge in [0, 0.05) is 59.6 Å². The first-order chi connectivity index (χ1) is 18.4. The maximum atomic E-state index is 12.1. The summed E-state index contributed by atoms with van der Waals surface area (Å²) in [5.41, 5.74) is 5.11. The highest BCUT2D eigenvalue weighted by molar-refractivity contribution is 6.00. The number of anilines is 1. The van der Waals surface area contributed by atoms with Crippen molar-refractivity contribution in [3.8, 4) is 34.1 Å². The van der Waals surface area contributed by atoms with Gasteiger partial charge in [-0.15, -0.1) is 0 Å². The van der Waals surface area contributed by atoms with E-state index in [9.17, 15) is 9.90 Å². The predicted octanol–water partition coefficient (Wildman–Crippen LogP) is 4.26. The lowest BCUT2D eigenvalue weighted by Crippen LogP contribution is -2.59. The smallest absolute Gasteiger partial charge is 0.248 e. The number of aliphatic hydroxyl groups excluding tert-OH is 1. The number of ether oxygens (including phenoxy) is 1. The first-order valence-electron chi connectivity index (χ1n) is 12.5. The Morgan fingerprint density at radius 2 is 1.71 bits per heavy atom. The van der Waals surface area contributed by atoms with E-state index in [4.69, 9.17) is 20.0 Å². The van der Waals surface area contributed by atoms with Crippen molar-refractivity contribution < 1.29 is 14.6 Å². The monoisotopic (exact) mass is 507 g/mol. The third kappa shape index (κ3) is 4.53. The number of aliphatic hydroxyl groups is 1. The molecule has 5 rings (SSSR count). The number of carbonyl (C=O) groups excluding carboxylic acids is 1. The number of nitriles is 1. The Labute approximate surface area is 221 Å². The van der Waals surface area contributed by atoms with E-state index in [-0.39, 0.29) is 18.0 Å². The molecular formula is C30H29N5O3. The number of rotatable bonds is 5. The van der Waals surface area contributed by atoms with Crippen LogP contribution in [0.15, 0.2) is 67.0 Å². The molecule has 0 spiro atoms. The van der Waals surface area contributed by atoms with E-state index >= 15 is 0 Å². The second-order valence-electron chi connectivity index (χ2n) is 9.56. The molecule has 1 fully saturated rings. The van der Waals surface area contributed by atoms with Crippen LogP contribution >= 0.6 is 0 Å². The van der Waals surface area contributed by atoms with Crippen LogP contribution in [0.25, 0.3) is 33.2 Å². The number of hydrogen-bond donors (Lipinski definition) is 1. The largest absolute Gasteiger partial charge is 0.495 e. The van der Waals surface area contributed by atoms with Gasteiger partial charge in [0.2, 0.25) is 5.91 Å². The summed E-state index contributed by atoms with van der Waals surface area (Å²) in [6.07, 6.45) is 3.64. The maximum Gasteiger partial charge on any atom is 0.248 e. The fourth-order valence-electron chi connectivity index (χ4n) is 5.40. The van der Waals surface area contributed by atoms with Gasteiger partial charge in [0.25, 0.3) is 0 Å². The lowest BCUT2D eigenvalue weighted by molar-refractivity contribution is -0.139. The standard InChI is InChI=1S/C30H29N5O3/c1-19-16-34(17-20(2)35(19)28(37)18-36)27-12-11-23(14-32-27)26-15-33-29-24(5-4-6-25(29)30(26)38-3)22-9-7-21(13-31)8-10-22/h4-12,14-15,19-20,36H,16-18H2,1-3H3/t19-,20+. The van der Waals surface area contributed by atoms with Gasteiger partial charge in [0.05, 0.1) is 24.3 Å². The number of para-hydroxylation sites is 1. The molecule has 1 saturated heterocycles. The molecule has 0 saturated carbocycles. The van der Waals surface area contributed by atoms with E-state index in [0.717, 1.165) is 44.7 Å². The summed E-state index contributed by atoms with van der Waals surface area (Å²) in [7, 11) is 1.66. The van der Waals surface area contributed by atoms with Crippen molar-refractivity contribution in [2.75, 3.05) is 31.7 Å². The predicted molar refractivity (Wildman–Crippen MR) is 147 cm³/mol. The Balaban J connectivity index is 1.45. The zero-order chi connectivity index (χ0) is 26.8. The molecule has 38 heavy (non-hydrogen) atoms. The topological polar surface area (TPSA) is 103 Å². The van der Waals surface area contributed by atoms with Crippen LogP contribution in [0.3, 0.4) is 0 Å². The molecule has 2 aromatic heterocycles. The first-order valence-corrected chi connectivity index (χ1v) is 12.5. The van der Waals surface area contributed by atoms with Crippen LogP contribution in [0.4, 0.5) is 5.82 Å². The Kier molecular flexibility index (Phi) is 6.95. The van der Waals surface area contributed by atoms with Crippen LogP contribution in [0, 0.1) is 11.3 Å². The fourth-order valence-corrected chi connectivity index (χ4v) is 5.40. The maximum absolute atomic E-state index is 12.1. The Morgan fingerprint density at radius 1 is 1.00 bits per heavy atom. The lowest BCUT2D eigenvalue weighted by Gasteiger charge is -2.44. The SMILES string of the molecule is COc1c(-c2ccc(N3C[C@@H](C)N(C(=O)CO)[C@@H](C)C3)nc2)cnc2c(-c3ccc(C#N)cc3)cccc12. The van der Waals surface area contributed by atoms with Crippen LogP contribution in [0.2, 0.25) is 0 Å². The number of nitrogens with zero attached hydrogens (tertiary/aromatic N) is 5. The van der Waals surface area contributed by atoms with Crippen LogP contribution in [0.5, 0.6) is 5.75 Å². The van der Waals surface area contributed by atoms with Crippen LogP contribution in [-0.4, -0.2) is 64.8 Å². The minimum absolute atomic E-state index is 0.0324. The Bertz CT molecular complexity index is 1500. The van der Waals surface area contributed by atoms with E-state index in [1.807, 2.05) is 68.7 Å². The third-order valence-corrected chi connectivity index (χ3v) is 7.10. The summed E-state index contributed by atoms with van der Waals surface area (Å²) in [6.45, 7) is 4.78. The summed E-state index contributed by atoms with van der Waals surface area (Å²) in [4.78, 5) is 25.6. The molecule has 0 radical (unpaired) electrons. The molecule has 1 aliphatic heterocycles. The number of fused-ring (bicyclic) bond motifs is 1. The number of benzene rings is 2. The number of aromatic nitrogens is 2. The number of pyridine rings is 2. The molecule has 1 aliphatic rings. The molecule has 3 heterocycles. The van der Waals surface area contributed by atoms with Gasteiger partial charge in [-0.3, -0.25) is 9.78 Å². The summed E-state index contributed by atoms with van der Waals surface area (Å²) in [5, 5.41) is 19.3. The van der Waals surface area contributed by atoms with Crippen molar-refractivity contribution in [3.63, 3.8) is 0 Å². The van der Waals surface area contributed by atoms with Gasteiger partial charge < -0.3 is 19.6 Å². The molecule has 1 N–H and O–H groups in total. The molecule has 2 aromatic carbocycles. The van der Waals surface area contributed by atoms with Crippen LogP contribution in [-0.2, 0) is 4.79 Å². The van der Waals surface area contributed by atoms with Crippen molar-refractivity contribution in [2.24, 2.45) is 0 Å². The van der Waals surface area contributed by atoms with E-state index in [1.54, 1.807) is 24.1 Å². The normalized spacial score (nSPS) is 17.3. The van der Waals surface area contributed by atoms with Gasteiger partial charge in [-0.25, -0.2) is 4.98 Å². The highest BCUT2D eigenvalue weighted by Crippen LogP contribution is 2.39. The molecule has 0 aliphatic carbocycles. The van der Waals surface area contributed by atoms with Crippen LogP contribution < -0.4 is 9.64 Å². The van der Waals surface area contributed by atoms with Crippen molar-refractivity contribution in [1.82, 2.24) is 14.9 Å². The Morgan fingerprint density at radius 3 is 2.32 bits per heavy atom. The van der Waals surface area contributed by atoms with Gasteiger partial charge in [-0.05, 0) is 49.7 Å². The molecule has 0 unspecified atom stereocenters. The zero-order valence-corrected chi connectivity index (χ0v) is 21.6. The molecule has 192 valence electrons. The molecule has 2 atom stereocenters. The van der Waals surface area contributed by atoms with Gasteiger partial charge in [-0.2, -0.15) is 5.26 Å². The van der Waals surface area contributed by atoms with Gasteiger partial charge in [0.15, 0.2) is 0 Å². The minimum atomic E-state index is -0.474. The number of piperazine rings is 1. The van der Waals surface area contributed by atoms with Gasteiger partial charge in [0.1, 0.15) is 18.2 Å². The number of carbonyl (C=O) groups is 1. The average molecular weight is 508 g/mol. The highest BCUT2D eigenvalue weighted by Gasteiger charge is 2.33. The van der Waals surface area contributed by atoms with Crippen molar-refractivity contribution >= 4 is 22.6 Å². The minimum Gasteiger partial charge on any atom is -0.495 e. The Hall–Kier alpha value is -4.48. The molecule has 4 aromatic rings. The molecule has 8 heteroatoms. The number of methoxy groups -OCH3 is 1. The third-order valence-electron chi connectivity index (χ3n) is 7.10. The second kappa shape index (κ2) is 10.5. The number of hydrogen-bond acceptors (Lipinski definition) is 7. The van der Waals surface area contributed by atoms with E-state index in [2.05, 4.69) is 11.0 Å². The molecular weight excluding hydrogens is 478 g/mol. The highest BCUT2D eigenvalue weighted by atomic mass is 16.5. The average Bonchev–Trinajstić information content (AvgIpc) is 2.95. The summed E-state index contributed by atoms with van der Waals surface area (Å²) in [5.74, 6) is 1.31. The zero-order valence-electron chi connectivity index (χ0n) is 21.6. The summed E-state index contributed by atoms with van der Waals surface area (Å²) >= 11 is 0. The van der Waals surface area contributed by atoms with E-state index in [0.29, 0.717) is 18.7 Å². The number of amides is 1. The van der Waals surface area contributed by atoms with E-state index in [1.165, 1.54) is 0 Å². The summed E-state index contributed by atoms with van der Waals surface area (Å²) < 4.78 is 5.88. The molecule has 0 bridgehead atoms. The molecule has 8 nitrogen and oxygen atoms in total. The second-order valence-corrected chi connectivity index (χ2v) is 9.56. The van der Waals surface area contributed by atoms with Crippen molar-refractivity contribution in [2.45, 2.75) is 25.9 Å². The molecule has 1 amide bonds. The first kappa shape index (κ1) is 25.2. The lowest BCUT2D eigenvalue weighted by atomic mass is 9.98. The van der Waals surface area contributed by atoms with Crippen molar-refractivity contribution in [3.05, 3.63) is 72.6 Å².